The molecule has 3 aromatic heterocycles. The molecule has 0 radical (unpaired) electrons. The summed E-state index contributed by atoms with van der Waals surface area (Å²) in [6.45, 7) is 0. The normalized spacial score (nSPS) is 21.5. The molecule has 0 unspecified atom stereocenters. The number of benzene rings is 1. The van der Waals surface area contributed by atoms with Crippen LogP contribution in [0.1, 0.15) is 35.4 Å². The highest BCUT2D eigenvalue weighted by Crippen LogP contribution is 2.46. The van der Waals surface area contributed by atoms with Gasteiger partial charge in [0.2, 0.25) is 5.95 Å². The molecule has 2 aliphatic rings. The van der Waals surface area contributed by atoms with Crippen molar-refractivity contribution in [1.82, 2.24) is 9.55 Å². The summed E-state index contributed by atoms with van der Waals surface area (Å²) < 4.78 is 7.77. The van der Waals surface area contributed by atoms with Crippen molar-refractivity contribution < 1.29 is 9.21 Å². The van der Waals surface area contributed by atoms with Gasteiger partial charge in [0.15, 0.2) is 5.78 Å². The largest absolute Gasteiger partial charge is 0.469 e. The number of aromatic nitrogens is 2. The van der Waals surface area contributed by atoms with Gasteiger partial charge in [-0.05, 0) is 42.1 Å². The van der Waals surface area contributed by atoms with Crippen molar-refractivity contribution in [3.05, 3.63) is 82.1 Å². The van der Waals surface area contributed by atoms with E-state index >= 15 is 0 Å². The van der Waals surface area contributed by atoms with E-state index in [2.05, 4.69) is 27.4 Å². The van der Waals surface area contributed by atoms with Gasteiger partial charge >= 0.3 is 0 Å². The average Bonchev–Trinajstić information content (AvgIpc) is 3.46. The van der Waals surface area contributed by atoms with Crippen LogP contribution in [0.5, 0.6) is 0 Å². The van der Waals surface area contributed by atoms with E-state index in [0.717, 1.165) is 45.3 Å². The number of nitrogens with zero attached hydrogens (tertiary/aromatic N) is 2. The third-order valence-corrected chi connectivity index (χ3v) is 6.58. The van der Waals surface area contributed by atoms with Gasteiger partial charge in [0.1, 0.15) is 11.8 Å². The van der Waals surface area contributed by atoms with Crippen LogP contribution in [0.3, 0.4) is 0 Å². The lowest BCUT2D eigenvalue weighted by atomic mass is 9.80. The second kappa shape index (κ2) is 5.94. The van der Waals surface area contributed by atoms with Crippen LogP contribution in [0, 0.1) is 0 Å². The third-order valence-electron chi connectivity index (χ3n) is 5.66. The number of carbonyl (C=O) groups excluding carboxylic acids is 1. The number of hydrogen-bond acceptors (Lipinski definition) is 5. The van der Waals surface area contributed by atoms with Crippen molar-refractivity contribution in [2.24, 2.45) is 0 Å². The molecule has 1 aliphatic carbocycles. The number of para-hydroxylation sites is 2. The van der Waals surface area contributed by atoms with Crippen molar-refractivity contribution in [1.29, 1.82) is 0 Å². The second-order valence-corrected chi connectivity index (χ2v) is 8.25. The molecular formula is C22H17N3O2S. The van der Waals surface area contributed by atoms with Crippen LogP contribution in [-0.2, 0) is 4.79 Å². The average molecular weight is 387 g/mol. The number of furan rings is 1. The molecule has 0 amide bonds. The molecule has 0 saturated heterocycles. The molecule has 1 aliphatic heterocycles. The number of nitrogens with one attached hydrogen (secondary N) is 1. The predicted molar refractivity (Wildman–Crippen MR) is 109 cm³/mol. The minimum absolute atomic E-state index is 0.0636. The van der Waals surface area contributed by atoms with Crippen LogP contribution in [0.15, 0.2) is 75.9 Å². The van der Waals surface area contributed by atoms with Gasteiger partial charge in [0.05, 0.1) is 17.3 Å². The summed E-state index contributed by atoms with van der Waals surface area (Å²) >= 11 is 1.68. The first-order valence-electron chi connectivity index (χ1n) is 9.36. The lowest BCUT2D eigenvalue weighted by Crippen LogP contribution is -2.32. The lowest BCUT2D eigenvalue weighted by molar-refractivity contribution is -0.116. The number of imidazole rings is 1. The molecule has 6 rings (SSSR count). The number of thiophene rings is 1. The van der Waals surface area contributed by atoms with E-state index in [1.54, 1.807) is 17.6 Å². The number of Topliss-reactive ketones (excluding diaryl/α,β-unsaturated/α-hetero) is 1. The number of ketones is 1. The number of carbonyl (C=O) groups is 1. The van der Waals surface area contributed by atoms with Crippen molar-refractivity contribution in [2.75, 3.05) is 5.32 Å². The van der Waals surface area contributed by atoms with Crippen LogP contribution in [0.2, 0.25) is 0 Å². The van der Waals surface area contributed by atoms with Crippen molar-refractivity contribution in [2.45, 2.75) is 24.8 Å². The van der Waals surface area contributed by atoms with Gasteiger partial charge in [-0.25, -0.2) is 4.98 Å². The Kier molecular flexibility index (Phi) is 3.37. The lowest BCUT2D eigenvalue weighted by Gasteiger charge is -2.35. The van der Waals surface area contributed by atoms with Crippen molar-refractivity contribution in [3.63, 3.8) is 0 Å². The first-order valence-corrected chi connectivity index (χ1v) is 10.2. The molecular weight excluding hydrogens is 370 g/mol. The Morgan fingerprint density at radius 2 is 2.04 bits per heavy atom. The summed E-state index contributed by atoms with van der Waals surface area (Å²) in [7, 11) is 0. The first kappa shape index (κ1) is 15.9. The van der Waals surface area contributed by atoms with Gasteiger partial charge in [0, 0.05) is 28.5 Å². The zero-order chi connectivity index (χ0) is 18.7. The number of rotatable bonds is 2. The molecule has 0 saturated carbocycles. The molecule has 1 aromatic carbocycles. The van der Waals surface area contributed by atoms with E-state index in [0.29, 0.717) is 6.42 Å². The number of hydrogen-bond donors (Lipinski definition) is 1. The third kappa shape index (κ3) is 2.24. The van der Waals surface area contributed by atoms with E-state index in [1.165, 1.54) is 0 Å². The molecule has 0 bridgehead atoms. The standard InChI is InChI=1S/C22H17N3O2S/c26-17-12-13(18-7-3-9-27-18)11-15-20(17)21(19-8-4-10-28-19)25-16-6-2-1-5-14(16)23-22(25)24-15/h1-10,13,21H,11-12H2,(H,23,24)/t13-,21-/m1/s1. The minimum Gasteiger partial charge on any atom is -0.469 e. The molecule has 2 atom stereocenters. The van der Waals surface area contributed by atoms with Crippen LogP contribution in [0.25, 0.3) is 11.0 Å². The molecule has 4 heterocycles. The van der Waals surface area contributed by atoms with Crippen molar-refractivity contribution >= 4 is 34.1 Å². The van der Waals surface area contributed by atoms with Crippen LogP contribution in [-0.4, -0.2) is 15.3 Å². The zero-order valence-corrected chi connectivity index (χ0v) is 15.8. The predicted octanol–water partition coefficient (Wildman–Crippen LogP) is 5.11. The summed E-state index contributed by atoms with van der Waals surface area (Å²) in [6.07, 6.45) is 2.89. The van der Waals surface area contributed by atoms with Crippen molar-refractivity contribution in [3.8, 4) is 0 Å². The topological polar surface area (TPSA) is 60.1 Å². The SMILES string of the molecule is O=C1C[C@H](c2ccco2)CC2=C1[C@@H](c1cccs1)n1c(nc3ccccc31)N2. The summed E-state index contributed by atoms with van der Waals surface area (Å²) in [5, 5.41) is 5.54. The Balaban J connectivity index is 1.55. The van der Waals surface area contributed by atoms with E-state index in [1.807, 2.05) is 36.4 Å². The molecule has 4 aromatic rings. The molecule has 5 nitrogen and oxygen atoms in total. The summed E-state index contributed by atoms with van der Waals surface area (Å²) in [5.74, 6) is 1.91. The van der Waals surface area contributed by atoms with Gasteiger partial charge in [0.25, 0.3) is 0 Å². The monoisotopic (exact) mass is 387 g/mol. The van der Waals surface area contributed by atoms with E-state index in [9.17, 15) is 4.79 Å². The fourth-order valence-corrected chi connectivity index (χ4v) is 5.29. The highest BCUT2D eigenvalue weighted by Gasteiger charge is 2.40. The fourth-order valence-electron chi connectivity index (χ4n) is 4.47. The second-order valence-electron chi connectivity index (χ2n) is 7.27. The fraction of sp³-hybridized carbons (Fsp3) is 0.182. The Hall–Kier alpha value is -3.12. The highest BCUT2D eigenvalue weighted by molar-refractivity contribution is 7.10. The molecule has 0 fully saturated rings. The highest BCUT2D eigenvalue weighted by atomic mass is 32.1. The van der Waals surface area contributed by atoms with E-state index in [-0.39, 0.29) is 17.7 Å². The molecule has 28 heavy (non-hydrogen) atoms. The summed E-state index contributed by atoms with van der Waals surface area (Å²) in [4.78, 5) is 19.3. The number of anilines is 1. The zero-order valence-electron chi connectivity index (χ0n) is 15.0. The summed E-state index contributed by atoms with van der Waals surface area (Å²) in [5.41, 5.74) is 3.80. The molecule has 6 heteroatoms. The molecule has 138 valence electrons. The molecule has 1 N–H and O–H groups in total. The number of allylic oxidation sites excluding steroid dienone is 2. The molecule has 0 spiro atoms. The van der Waals surface area contributed by atoms with Gasteiger partial charge in [-0.2, -0.15) is 0 Å². The van der Waals surface area contributed by atoms with E-state index < -0.39 is 0 Å². The van der Waals surface area contributed by atoms with E-state index in [4.69, 9.17) is 9.40 Å². The first-order chi connectivity index (χ1) is 13.8. The maximum atomic E-state index is 13.3. The van der Waals surface area contributed by atoms with Crippen LogP contribution in [0.4, 0.5) is 5.95 Å². The number of fused-ring (bicyclic) bond motifs is 3. The minimum atomic E-state index is -0.135. The maximum Gasteiger partial charge on any atom is 0.209 e. The Morgan fingerprint density at radius 1 is 1.11 bits per heavy atom. The Labute approximate surface area is 165 Å². The Morgan fingerprint density at radius 3 is 2.86 bits per heavy atom. The van der Waals surface area contributed by atoms with Gasteiger partial charge in [-0.3, -0.25) is 9.36 Å². The van der Waals surface area contributed by atoms with Gasteiger partial charge in [-0.15, -0.1) is 11.3 Å². The van der Waals surface area contributed by atoms with Gasteiger partial charge < -0.3 is 9.73 Å². The van der Waals surface area contributed by atoms with Gasteiger partial charge in [-0.1, -0.05) is 18.2 Å². The van der Waals surface area contributed by atoms with Crippen LogP contribution >= 0.6 is 11.3 Å². The Bertz CT molecular complexity index is 1220. The summed E-state index contributed by atoms with van der Waals surface area (Å²) in [6, 6.07) is 15.9. The van der Waals surface area contributed by atoms with Crippen LogP contribution < -0.4 is 5.32 Å². The maximum absolute atomic E-state index is 13.3. The smallest absolute Gasteiger partial charge is 0.209 e. The quantitative estimate of drug-likeness (QED) is 0.519.